The first-order valence-corrected chi connectivity index (χ1v) is 6.63. The van der Waals surface area contributed by atoms with Crippen molar-refractivity contribution in [1.29, 1.82) is 0 Å². The van der Waals surface area contributed by atoms with E-state index in [0.717, 1.165) is 24.9 Å². The lowest BCUT2D eigenvalue weighted by molar-refractivity contribution is 0.179. The van der Waals surface area contributed by atoms with Crippen molar-refractivity contribution in [3.8, 4) is 0 Å². The molecule has 0 aliphatic heterocycles. The summed E-state index contributed by atoms with van der Waals surface area (Å²) in [6.07, 6.45) is 8.96. The summed E-state index contributed by atoms with van der Waals surface area (Å²) in [4.78, 5) is 0. The number of hydrogen-bond acceptors (Lipinski definition) is 2. The van der Waals surface area contributed by atoms with Gasteiger partial charge in [-0.2, -0.15) is 0 Å². The van der Waals surface area contributed by atoms with Gasteiger partial charge in [0.2, 0.25) is 0 Å². The van der Waals surface area contributed by atoms with Gasteiger partial charge in [0.05, 0.1) is 6.10 Å². The van der Waals surface area contributed by atoms with Crippen molar-refractivity contribution < 1.29 is 5.11 Å². The van der Waals surface area contributed by atoms with E-state index in [2.05, 4.69) is 12.2 Å². The molecule has 1 atom stereocenters. The van der Waals surface area contributed by atoms with Gasteiger partial charge < -0.3 is 10.4 Å². The number of aliphatic hydroxyl groups is 1. The van der Waals surface area contributed by atoms with Gasteiger partial charge in [-0.3, -0.25) is 0 Å². The molecule has 0 heterocycles. The van der Waals surface area contributed by atoms with Gasteiger partial charge in [0, 0.05) is 6.04 Å². The van der Waals surface area contributed by atoms with Crippen molar-refractivity contribution >= 4 is 0 Å². The fourth-order valence-corrected chi connectivity index (χ4v) is 2.56. The molecule has 2 heteroatoms. The normalized spacial score (nSPS) is 29.0. The third kappa shape index (κ3) is 5.53. The molecule has 0 spiro atoms. The van der Waals surface area contributed by atoms with Gasteiger partial charge in [0.25, 0.3) is 0 Å². The fraction of sp³-hybridized carbons (Fsp3) is 1.00. The highest BCUT2D eigenvalue weighted by Crippen LogP contribution is 2.27. The highest BCUT2D eigenvalue weighted by molar-refractivity contribution is 4.77. The Morgan fingerprint density at radius 3 is 2.47 bits per heavy atom. The molecule has 15 heavy (non-hydrogen) atoms. The predicted octanol–water partition coefficient (Wildman–Crippen LogP) is 2.71. The molecule has 1 saturated carbocycles. The summed E-state index contributed by atoms with van der Waals surface area (Å²) in [5.41, 5.74) is 0. The van der Waals surface area contributed by atoms with Crippen LogP contribution in [0, 0.1) is 5.92 Å². The van der Waals surface area contributed by atoms with Crippen molar-refractivity contribution in [3.63, 3.8) is 0 Å². The van der Waals surface area contributed by atoms with Crippen LogP contribution < -0.4 is 5.32 Å². The van der Waals surface area contributed by atoms with Gasteiger partial charge in [0.1, 0.15) is 0 Å². The molecule has 0 aromatic rings. The van der Waals surface area contributed by atoms with E-state index in [9.17, 15) is 0 Å². The van der Waals surface area contributed by atoms with E-state index in [4.69, 9.17) is 5.11 Å². The lowest BCUT2D eigenvalue weighted by atomic mass is 9.83. The van der Waals surface area contributed by atoms with Crippen molar-refractivity contribution in [2.45, 2.75) is 70.9 Å². The highest BCUT2D eigenvalue weighted by atomic mass is 16.3. The molecule has 0 aromatic carbocycles. The monoisotopic (exact) mass is 213 g/mol. The molecule has 2 nitrogen and oxygen atoms in total. The van der Waals surface area contributed by atoms with Crippen LogP contribution >= 0.6 is 0 Å². The average molecular weight is 213 g/mol. The van der Waals surface area contributed by atoms with Gasteiger partial charge >= 0.3 is 0 Å². The average Bonchev–Trinajstić information content (AvgIpc) is 2.20. The lowest BCUT2D eigenvalue weighted by Crippen LogP contribution is -2.34. The molecule has 0 bridgehead atoms. The Bertz CT molecular complexity index is 151. The SMILES string of the molecule is CCCC1CCC(NCC[C@H](C)O)CC1. The second kappa shape index (κ2) is 7.24. The van der Waals surface area contributed by atoms with Crippen molar-refractivity contribution in [1.82, 2.24) is 5.32 Å². The summed E-state index contributed by atoms with van der Waals surface area (Å²) < 4.78 is 0. The summed E-state index contributed by atoms with van der Waals surface area (Å²) >= 11 is 0. The second-order valence-corrected chi connectivity index (χ2v) is 5.10. The maximum absolute atomic E-state index is 9.15. The molecule has 1 aliphatic rings. The quantitative estimate of drug-likeness (QED) is 0.711. The van der Waals surface area contributed by atoms with E-state index in [1.807, 2.05) is 6.92 Å². The topological polar surface area (TPSA) is 32.3 Å². The highest BCUT2D eigenvalue weighted by Gasteiger charge is 2.19. The molecular formula is C13H27NO. The van der Waals surface area contributed by atoms with Gasteiger partial charge in [0.15, 0.2) is 0 Å². The van der Waals surface area contributed by atoms with Crippen LogP contribution in [-0.2, 0) is 0 Å². The van der Waals surface area contributed by atoms with Crippen LogP contribution in [0.1, 0.15) is 58.8 Å². The van der Waals surface area contributed by atoms with Crippen LogP contribution in [0.15, 0.2) is 0 Å². The molecule has 90 valence electrons. The van der Waals surface area contributed by atoms with Crippen LogP contribution in [0.25, 0.3) is 0 Å². The third-order valence-electron chi connectivity index (χ3n) is 3.54. The minimum absolute atomic E-state index is 0.158. The zero-order valence-corrected chi connectivity index (χ0v) is 10.3. The van der Waals surface area contributed by atoms with Crippen LogP contribution in [0.3, 0.4) is 0 Å². The Labute approximate surface area is 94.5 Å². The molecule has 0 saturated heterocycles. The third-order valence-corrected chi connectivity index (χ3v) is 3.54. The Hall–Kier alpha value is -0.0800. The Balaban J connectivity index is 2.04. The van der Waals surface area contributed by atoms with Gasteiger partial charge in [-0.05, 0) is 51.5 Å². The first kappa shape index (κ1) is 13.0. The van der Waals surface area contributed by atoms with E-state index in [1.165, 1.54) is 38.5 Å². The van der Waals surface area contributed by atoms with Gasteiger partial charge in [-0.1, -0.05) is 19.8 Å². The Morgan fingerprint density at radius 1 is 1.27 bits per heavy atom. The Morgan fingerprint density at radius 2 is 1.93 bits per heavy atom. The smallest absolute Gasteiger partial charge is 0.0524 e. The molecule has 1 aliphatic carbocycles. The van der Waals surface area contributed by atoms with Crippen molar-refractivity contribution in [2.75, 3.05) is 6.54 Å². The number of nitrogens with one attached hydrogen (secondary N) is 1. The van der Waals surface area contributed by atoms with Gasteiger partial charge in [-0.15, -0.1) is 0 Å². The molecule has 2 N–H and O–H groups in total. The van der Waals surface area contributed by atoms with Crippen LogP contribution in [0.2, 0.25) is 0 Å². The lowest BCUT2D eigenvalue weighted by Gasteiger charge is -2.29. The molecule has 0 unspecified atom stereocenters. The number of hydrogen-bond donors (Lipinski definition) is 2. The van der Waals surface area contributed by atoms with E-state index in [1.54, 1.807) is 0 Å². The standard InChI is InChI=1S/C13H27NO/c1-3-4-12-5-7-13(8-6-12)14-10-9-11(2)15/h11-15H,3-10H2,1-2H3/t11-,12?,13?/m0/s1. The first-order chi connectivity index (χ1) is 7.22. The summed E-state index contributed by atoms with van der Waals surface area (Å²) in [6, 6.07) is 0.719. The summed E-state index contributed by atoms with van der Waals surface area (Å²) in [5.74, 6) is 0.991. The second-order valence-electron chi connectivity index (χ2n) is 5.10. The predicted molar refractivity (Wildman–Crippen MR) is 65.0 cm³/mol. The maximum atomic E-state index is 9.15. The zero-order valence-electron chi connectivity index (χ0n) is 10.3. The Kier molecular flexibility index (Phi) is 6.26. The molecular weight excluding hydrogens is 186 g/mol. The van der Waals surface area contributed by atoms with Crippen LogP contribution in [0.5, 0.6) is 0 Å². The molecule has 0 aromatic heterocycles. The number of rotatable bonds is 6. The maximum Gasteiger partial charge on any atom is 0.0524 e. The minimum atomic E-state index is -0.158. The van der Waals surface area contributed by atoms with E-state index in [-0.39, 0.29) is 6.10 Å². The van der Waals surface area contributed by atoms with E-state index < -0.39 is 0 Å². The van der Waals surface area contributed by atoms with Crippen LogP contribution in [0.4, 0.5) is 0 Å². The van der Waals surface area contributed by atoms with Gasteiger partial charge in [-0.25, -0.2) is 0 Å². The minimum Gasteiger partial charge on any atom is -0.393 e. The molecule has 1 fully saturated rings. The molecule has 1 rings (SSSR count). The largest absolute Gasteiger partial charge is 0.393 e. The first-order valence-electron chi connectivity index (χ1n) is 6.63. The summed E-state index contributed by atoms with van der Waals surface area (Å²) in [5, 5.41) is 12.7. The summed E-state index contributed by atoms with van der Waals surface area (Å²) in [7, 11) is 0. The number of aliphatic hydroxyl groups excluding tert-OH is 1. The van der Waals surface area contributed by atoms with E-state index in [0.29, 0.717) is 0 Å². The van der Waals surface area contributed by atoms with Crippen molar-refractivity contribution in [2.24, 2.45) is 5.92 Å². The molecule has 0 radical (unpaired) electrons. The zero-order chi connectivity index (χ0) is 11.1. The van der Waals surface area contributed by atoms with Crippen LogP contribution in [-0.4, -0.2) is 23.8 Å². The summed E-state index contributed by atoms with van der Waals surface area (Å²) in [6.45, 7) is 5.12. The molecule has 0 amide bonds. The van der Waals surface area contributed by atoms with E-state index >= 15 is 0 Å². The fourth-order valence-electron chi connectivity index (χ4n) is 2.56. The van der Waals surface area contributed by atoms with Crippen molar-refractivity contribution in [3.05, 3.63) is 0 Å².